The number of nitrogens with one attached hydrogen (secondary N) is 2. The Bertz CT molecular complexity index is 676. The number of aromatic amines is 1. The minimum Gasteiger partial charge on any atom is -0.444 e. The Hall–Kier alpha value is -2.24. The number of imidazole rings is 1. The van der Waals surface area contributed by atoms with Crippen molar-refractivity contribution in [2.45, 2.75) is 26.4 Å². The molecule has 0 fully saturated rings. The number of carbonyl (C=O) groups is 1. The second-order valence-corrected chi connectivity index (χ2v) is 5.35. The number of ether oxygens (including phenoxy) is 1. The molecular weight excluding hydrogens is 246 g/mol. The molecule has 1 amide bonds. The number of hydrogen-bond donors (Lipinski definition) is 2. The number of aromatic nitrogens is 2. The number of H-pyrrole nitrogens is 1. The predicted molar refractivity (Wildman–Crippen MR) is 73.4 cm³/mol. The van der Waals surface area contributed by atoms with E-state index in [0.717, 1.165) is 11.0 Å². The van der Waals surface area contributed by atoms with Gasteiger partial charge in [-0.3, -0.25) is 9.88 Å². The Morgan fingerprint density at radius 2 is 2.05 bits per heavy atom. The van der Waals surface area contributed by atoms with Gasteiger partial charge in [-0.25, -0.2) is 9.59 Å². The van der Waals surface area contributed by atoms with Crippen LogP contribution in [0.1, 0.15) is 20.8 Å². The van der Waals surface area contributed by atoms with Crippen LogP contribution < -0.4 is 11.0 Å². The van der Waals surface area contributed by atoms with Crippen LogP contribution in [0.4, 0.5) is 10.5 Å². The molecule has 0 saturated carbocycles. The maximum absolute atomic E-state index is 11.6. The van der Waals surface area contributed by atoms with Crippen molar-refractivity contribution in [1.29, 1.82) is 0 Å². The second kappa shape index (κ2) is 4.46. The normalized spacial score (nSPS) is 11.6. The van der Waals surface area contributed by atoms with Crippen LogP contribution in [0.15, 0.2) is 23.0 Å². The van der Waals surface area contributed by atoms with Crippen LogP contribution in [0.2, 0.25) is 0 Å². The van der Waals surface area contributed by atoms with Crippen molar-refractivity contribution in [2.24, 2.45) is 7.05 Å². The van der Waals surface area contributed by atoms with E-state index in [1.807, 2.05) is 0 Å². The van der Waals surface area contributed by atoms with E-state index in [9.17, 15) is 9.59 Å². The highest BCUT2D eigenvalue weighted by molar-refractivity contribution is 5.88. The summed E-state index contributed by atoms with van der Waals surface area (Å²) in [5.74, 6) is 0. The zero-order valence-electron chi connectivity index (χ0n) is 11.4. The standard InChI is InChI=1S/C13H17N3O3/c1-13(2,3)19-12(18)14-8-5-6-9-10(7-8)16(4)11(17)15-9/h5-7H,1-4H3,(H,14,18)(H,15,17). The van der Waals surface area contributed by atoms with Crippen molar-refractivity contribution < 1.29 is 9.53 Å². The molecule has 0 bridgehead atoms. The number of carbonyl (C=O) groups excluding carboxylic acids is 1. The molecule has 0 atom stereocenters. The van der Waals surface area contributed by atoms with Crippen LogP contribution in [0.3, 0.4) is 0 Å². The van der Waals surface area contributed by atoms with Crippen LogP contribution >= 0.6 is 0 Å². The van der Waals surface area contributed by atoms with Gasteiger partial charge in [0, 0.05) is 12.7 Å². The van der Waals surface area contributed by atoms with Gasteiger partial charge in [-0.05, 0) is 39.0 Å². The van der Waals surface area contributed by atoms with Gasteiger partial charge in [0.2, 0.25) is 0 Å². The first-order valence-corrected chi connectivity index (χ1v) is 5.95. The Kier molecular flexibility index (Phi) is 3.09. The highest BCUT2D eigenvalue weighted by atomic mass is 16.6. The molecule has 0 aliphatic heterocycles. The summed E-state index contributed by atoms with van der Waals surface area (Å²) in [5, 5.41) is 2.64. The van der Waals surface area contributed by atoms with E-state index in [1.54, 1.807) is 46.0 Å². The number of aryl methyl sites for hydroxylation is 1. The summed E-state index contributed by atoms with van der Waals surface area (Å²) < 4.78 is 6.64. The maximum Gasteiger partial charge on any atom is 0.412 e. The van der Waals surface area contributed by atoms with Crippen molar-refractivity contribution in [2.75, 3.05) is 5.32 Å². The van der Waals surface area contributed by atoms with Gasteiger partial charge in [-0.1, -0.05) is 0 Å². The molecule has 0 aliphatic carbocycles. The molecule has 19 heavy (non-hydrogen) atoms. The average molecular weight is 263 g/mol. The summed E-state index contributed by atoms with van der Waals surface area (Å²) in [4.78, 5) is 25.8. The molecule has 2 rings (SSSR count). The molecule has 1 aromatic heterocycles. The van der Waals surface area contributed by atoms with E-state index in [-0.39, 0.29) is 5.69 Å². The zero-order valence-corrected chi connectivity index (χ0v) is 11.4. The molecule has 1 heterocycles. The van der Waals surface area contributed by atoms with Gasteiger partial charge in [0.05, 0.1) is 11.0 Å². The van der Waals surface area contributed by atoms with E-state index >= 15 is 0 Å². The Morgan fingerprint density at radius 3 is 2.68 bits per heavy atom. The molecule has 0 radical (unpaired) electrons. The first-order valence-electron chi connectivity index (χ1n) is 5.95. The highest BCUT2D eigenvalue weighted by Gasteiger charge is 2.16. The topological polar surface area (TPSA) is 76.1 Å². The largest absolute Gasteiger partial charge is 0.444 e. The molecular formula is C13H17N3O3. The summed E-state index contributed by atoms with van der Waals surface area (Å²) in [6.07, 6.45) is -0.521. The minimum absolute atomic E-state index is 0.190. The lowest BCUT2D eigenvalue weighted by Crippen LogP contribution is -2.27. The SMILES string of the molecule is Cn1c(=O)[nH]c2ccc(NC(=O)OC(C)(C)C)cc21. The van der Waals surface area contributed by atoms with Gasteiger partial charge >= 0.3 is 11.8 Å². The smallest absolute Gasteiger partial charge is 0.412 e. The Balaban J connectivity index is 2.24. The molecule has 2 aromatic rings. The van der Waals surface area contributed by atoms with Gasteiger partial charge in [-0.15, -0.1) is 0 Å². The quantitative estimate of drug-likeness (QED) is 0.828. The highest BCUT2D eigenvalue weighted by Crippen LogP contribution is 2.17. The third-order valence-electron chi connectivity index (χ3n) is 2.55. The predicted octanol–water partition coefficient (Wildman–Crippen LogP) is 2.21. The molecule has 2 N–H and O–H groups in total. The fraction of sp³-hybridized carbons (Fsp3) is 0.385. The Labute approximate surface area is 110 Å². The first kappa shape index (κ1) is 13.2. The lowest BCUT2D eigenvalue weighted by Gasteiger charge is -2.19. The van der Waals surface area contributed by atoms with E-state index in [2.05, 4.69) is 10.3 Å². The second-order valence-electron chi connectivity index (χ2n) is 5.35. The number of rotatable bonds is 1. The minimum atomic E-state index is -0.547. The van der Waals surface area contributed by atoms with Crippen LogP contribution in [0.5, 0.6) is 0 Å². The number of fused-ring (bicyclic) bond motifs is 1. The molecule has 0 aliphatic rings. The monoisotopic (exact) mass is 263 g/mol. The summed E-state index contributed by atoms with van der Waals surface area (Å²) in [5.41, 5.74) is 1.29. The van der Waals surface area contributed by atoms with Crippen LogP contribution in [-0.4, -0.2) is 21.2 Å². The van der Waals surface area contributed by atoms with Gasteiger partial charge in [0.25, 0.3) is 0 Å². The Morgan fingerprint density at radius 1 is 1.37 bits per heavy atom. The van der Waals surface area contributed by atoms with E-state index in [4.69, 9.17) is 4.74 Å². The zero-order chi connectivity index (χ0) is 14.2. The lowest BCUT2D eigenvalue weighted by molar-refractivity contribution is 0.0636. The third kappa shape index (κ3) is 2.96. The third-order valence-corrected chi connectivity index (χ3v) is 2.55. The van der Waals surface area contributed by atoms with E-state index in [1.165, 1.54) is 4.57 Å². The van der Waals surface area contributed by atoms with Gasteiger partial charge in [-0.2, -0.15) is 0 Å². The van der Waals surface area contributed by atoms with Crippen molar-refractivity contribution in [3.63, 3.8) is 0 Å². The van der Waals surface area contributed by atoms with Crippen LogP contribution in [0, 0.1) is 0 Å². The van der Waals surface area contributed by atoms with Crippen molar-refractivity contribution in [3.05, 3.63) is 28.7 Å². The lowest BCUT2D eigenvalue weighted by atomic mass is 10.2. The summed E-state index contributed by atoms with van der Waals surface area (Å²) in [7, 11) is 1.67. The number of anilines is 1. The summed E-state index contributed by atoms with van der Waals surface area (Å²) >= 11 is 0. The van der Waals surface area contributed by atoms with Crippen LogP contribution in [0.25, 0.3) is 11.0 Å². The summed E-state index contributed by atoms with van der Waals surface area (Å²) in [6.45, 7) is 5.39. The molecule has 6 nitrogen and oxygen atoms in total. The number of hydrogen-bond acceptors (Lipinski definition) is 3. The fourth-order valence-corrected chi connectivity index (χ4v) is 1.72. The average Bonchev–Trinajstić information content (AvgIpc) is 2.53. The summed E-state index contributed by atoms with van der Waals surface area (Å²) in [6, 6.07) is 5.17. The van der Waals surface area contributed by atoms with Gasteiger partial charge in [0.1, 0.15) is 5.60 Å². The molecule has 102 valence electrons. The maximum atomic E-state index is 11.6. The van der Waals surface area contributed by atoms with Crippen molar-refractivity contribution in [1.82, 2.24) is 9.55 Å². The molecule has 1 aromatic carbocycles. The molecule has 0 unspecified atom stereocenters. The van der Waals surface area contributed by atoms with Crippen LogP contribution in [-0.2, 0) is 11.8 Å². The number of nitrogens with zero attached hydrogens (tertiary/aromatic N) is 1. The fourth-order valence-electron chi connectivity index (χ4n) is 1.72. The number of amides is 1. The van der Waals surface area contributed by atoms with Gasteiger partial charge in [0.15, 0.2) is 0 Å². The van der Waals surface area contributed by atoms with E-state index in [0.29, 0.717) is 5.69 Å². The van der Waals surface area contributed by atoms with Gasteiger partial charge < -0.3 is 9.72 Å². The van der Waals surface area contributed by atoms with Crippen molar-refractivity contribution in [3.8, 4) is 0 Å². The molecule has 0 spiro atoms. The van der Waals surface area contributed by atoms with E-state index < -0.39 is 11.7 Å². The number of benzene rings is 1. The molecule has 6 heteroatoms. The molecule has 0 saturated heterocycles. The van der Waals surface area contributed by atoms with Crippen molar-refractivity contribution >= 4 is 22.8 Å². The first-order chi connectivity index (χ1) is 8.76.